The van der Waals surface area contributed by atoms with E-state index in [-0.39, 0.29) is 5.82 Å². The van der Waals surface area contributed by atoms with Crippen LogP contribution in [0.15, 0.2) is 16.6 Å². The predicted molar refractivity (Wildman–Crippen MR) is 37.9 cm³/mol. The molecule has 0 saturated heterocycles. The SMILES string of the molecule is Fc1c[c]cc(Cl)c1Br. The zero-order valence-corrected chi connectivity index (χ0v) is 6.63. The Morgan fingerprint density at radius 3 is 2.67 bits per heavy atom. The van der Waals surface area contributed by atoms with Gasteiger partial charge in [-0.05, 0) is 34.1 Å². The molecule has 0 spiro atoms. The summed E-state index contributed by atoms with van der Waals surface area (Å²) in [6.07, 6.45) is 0. The summed E-state index contributed by atoms with van der Waals surface area (Å²) < 4.78 is 12.7. The smallest absolute Gasteiger partial charge is 0.139 e. The van der Waals surface area contributed by atoms with Crippen molar-refractivity contribution in [2.75, 3.05) is 0 Å². The van der Waals surface area contributed by atoms with Crippen molar-refractivity contribution < 1.29 is 4.39 Å². The van der Waals surface area contributed by atoms with Crippen LogP contribution in [0.25, 0.3) is 0 Å². The van der Waals surface area contributed by atoms with Crippen LogP contribution in [0.2, 0.25) is 5.02 Å². The molecule has 0 aliphatic heterocycles. The van der Waals surface area contributed by atoms with E-state index in [2.05, 4.69) is 22.0 Å². The van der Waals surface area contributed by atoms with E-state index in [4.69, 9.17) is 11.6 Å². The van der Waals surface area contributed by atoms with Gasteiger partial charge < -0.3 is 0 Å². The fourth-order valence-corrected chi connectivity index (χ4v) is 0.811. The second kappa shape index (κ2) is 2.67. The van der Waals surface area contributed by atoms with Crippen LogP contribution >= 0.6 is 27.5 Å². The van der Waals surface area contributed by atoms with E-state index in [1.807, 2.05) is 0 Å². The van der Waals surface area contributed by atoms with Gasteiger partial charge >= 0.3 is 0 Å². The van der Waals surface area contributed by atoms with Gasteiger partial charge in [0.2, 0.25) is 0 Å². The maximum atomic E-state index is 12.4. The van der Waals surface area contributed by atoms with E-state index in [0.717, 1.165) is 0 Å². The Morgan fingerprint density at radius 1 is 1.56 bits per heavy atom. The first-order valence-electron chi connectivity index (χ1n) is 2.22. The monoisotopic (exact) mass is 207 g/mol. The molecule has 1 radical (unpaired) electrons. The van der Waals surface area contributed by atoms with Crippen molar-refractivity contribution in [3.63, 3.8) is 0 Å². The van der Waals surface area contributed by atoms with Gasteiger partial charge in [0.1, 0.15) is 5.82 Å². The molecule has 0 aliphatic carbocycles. The lowest BCUT2D eigenvalue weighted by Gasteiger charge is -1.93. The van der Waals surface area contributed by atoms with Crippen molar-refractivity contribution in [1.29, 1.82) is 0 Å². The van der Waals surface area contributed by atoms with Gasteiger partial charge in [-0.2, -0.15) is 0 Å². The van der Waals surface area contributed by atoms with E-state index < -0.39 is 0 Å². The Labute approximate surface area is 65.8 Å². The van der Waals surface area contributed by atoms with Gasteiger partial charge in [0.25, 0.3) is 0 Å². The van der Waals surface area contributed by atoms with Crippen LogP contribution in [0.4, 0.5) is 4.39 Å². The van der Waals surface area contributed by atoms with Crippen LogP contribution < -0.4 is 0 Å². The summed E-state index contributed by atoms with van der Waals surface area (Å²) in [5.74, 6) is -0.387. The second-order valence-corrected chi connectivity index (χ2v) is 2.67. The first-order chi connectivity index (χ1) is 4.22. The number of hydrogen-bond acceptors (Lipinski definition) is 0. The largest absolute Gasteiger partial charge is 0.206 e. The summed E-state index contributed by atoms with van der Waals surface area (Å²) in [5.41, 5.74) is 0. The van der Waals surface area contributed by atoms with Crippen LogP contribution in [-0.2, 0) is 0 Å². The molecule has 0 N–H and O–H groups in total. The van der Waals surface area contributed by atoms with Gasteiger partial charge in [0.05, 0.1) is 9.50 Å². The third kappa shape index (κ3) is 1.43. The van der Waals surface area contributed by atoms with Gasteiger partial charge in [0.15, 0.2) is 0 Å². The Morgan fingerprint density at radius 2 is 2.22 bits per heavy atom. The standard InChI is InChI=1S/C6H2BrClF/c7-6-4(8)2-1-3-5(6)9/h2-3H. The fraction of sp³-hybridized carbons (Fsp3) is 0. The van der Waals surface area contributed by atoms with Crippen LogP contribution in [-0.4, -0.2) is 0 Å². The van der Waals surface area contributed by atoms with Gasteiger partial charge in [-0.3, -0.25) is 0 Å². The molecule has 1 aromatic carbocycles. The third-order valence-corrected chi connectivity index (χ3v) is 2.17. The summed E-state index contributed by atoms with van der Waals surface area (Å²) in [4.78, 5) is 0. The lowest BCUT2D eigenvalue weighted by atomic mass is 10.3. The zero-order chi connectivity index (χ0) is 6.85. The Hall–Kier alpha value is -0.0800. The van der Waals surface area contributed by atoms with Crippen LogP contribution in [0.5, 0.6) is 0 Å². The molecular formula is C6H2BrClF. The highest BCUT2D eigenvalue weighted by Crippen LogP contribution is 2.23. The molecule has 0 aromatic heterocycles. The summed E-state index contributed by atoms with van der Waals surface area (Å²) in [6, 6.07) is 5.25. The average molecular weight is 208 g/mol. The first-order valence-corrected chi connectivity index (χ1v) is 3.39. The van der Waals surface area contributed by atoms with E-state index in [1.54, 1.807) is 0 Å². The van der Waals surface area contributed by atoms with Crippen molar-refractivity contribution in [2.24, 2.45) is 0 Å². The number of benzene rings is 1. The van der Waals surface area contributed by atoms with Crippen LogP contribution in [0.3, 0.4) is 0 Å². The van der Waals surface area contributed by atoms with Crippen molar-refractivity contribution in [2.45, 2.75) is 0 Å². The van der Waals surface area contributed by atoms with Crippen molar-refractivity contribution in [3.8, 4) is 0 Å². The van der Waals surface area contributed by atoms with Gasteiger partial charge in [0, 0.05) is 0 Å². The Kier molecular flexibility index (Phi) is 2.09. The van der Waals surface area contributed by atoms with Crippen LogP contribution in [0.1, 0.15) is 0 Å². The highest BCUT2D eigenvalue weighted by Gasteiger charge is 2.00. The van der Waals surface area contributed by atoms with Crippen molar-refractivity contribution in [3.05, 3.63) is 33.5 Å². The molecule has 0 heterocycles. The molecule has 47 valence electrons. The third-order valence-electron chi connectivity index (χ3n) is 0.839. The molecule has 1 rings (SSSR count). The molecule has 9 heavy (non-hydrogen) atoms. The quantitative estimate of drug-likeness (QED) is 0.575. The molecule has 0 unspecified atom stereocenters. The van der Waals surface area contributed by atoms with E-state index in [9.17, 15) is 4.39 Å². The van der Waals surface area contributed by atoms with Gasteiger partial charge in [-0.15, -0.1) is 0 Å². The Balaban J connectivity index is 3.25. The van der Waals surface area contributed by atoms with Gasteiger partial charge in [-0.25, -0.2) is 4.39 Å². The molecule has 3 heteroatoms. The zero-order valence-electron chi connectivity index (χ0n) is 4.29. The fourth-order valence-electron chi connectivity index (χ4n) is 0.429. The summed E-state index contributed by atoms with van der Waals surface area (Å²) >= 11 is 8.45. The predicted octanol–water partition coefficient (Wildman–Crippen LogP) is 3.04. The first kappa shape index (κ1) is 7.03. The molecule has 0 bridgehead atoms. The number of rotatable bonds is 0. The average Bonchev–Trinajstić information content (AvgIpc) is 1.83. The minimum Gasteiger partial charge on any atom is -0.206 e. The molecule has 0 aliphatic rings. The molecule has 0 nitrogen and oxygen atoms in total. The molecule has 1 aromatic rings. The Bertz CT molecular complexity index is 204. The lowest BCUT2D eigenvalue weighted by Crippen LogP contribution is -1.75. The molecular weight excluding hydrogens is 206 g/mol. The van der Waals surface area contributed by atoms with E-state index in [1.165, 1.54) is 12.1 Å². The second-order valence-electron chi connectivity index (χ2n) is 1.47. The highest BCUT2D eigenvalue weighted by molar-refractivity contribution is 9.10. The normalized spacial score (nSPS) is 9.67. The number of halogens is 3. The molecule has 0 amide bonds. The summed E-state index contributed by atoms with van der Waals surface area (Å²) in [6.45, 7) is 0. The molecule has 0 saturated carbocycles. The van der Waals surface area contributed by atoms with Crippen molar-refractivity contribution in [1.82, 2.24) is 0 Å². The van der Waals surface area contributed by atoms with E-state index >= 15 is 0 Å². The summed E-state index contributed by atoms with van der Waals surface area (Å²) in [5, 5.41) is 0.343. The molecule has 0 atom stereocenters. The topological polar surface area (TPSA) is 0 Å². The maximum absolute atomic E-state index is 12.4. The lowest BCUT2D eigenvalue weighted by molar-refractivity contribution is 0.621. The minimum atomic E-state index is -0.387. The van der Waals surface area contributed by atoms with Crippen LogP contribution in [0, 0.1) is 11.9 Å². The number of hydrogen-bond donors (Lipinski definition) is 0. The van der Waals surface area contributed by atoms with Gasteiger partial charge in [-0.1, -0.05) is 11.6 Å². The minimum absolute atomic E-state index is 0.294. The van der Waals surface area contributed by atoms with Crippen molar-refractivity contribution >= 4 is 27.5 Å². The maximum Gasteiger partial charge on any atom is 0.139 e. The summed E-state index contributed by atoms with van der Waals surface area (Å²) in [7, 11) is 0. The molecule has 0 fully saturated rings. The van der Waals surface area contributed by atoms with E-state index in [0.29, 0.717) is 9.50 Å². The highest BCUT2D eigenvalue weighted by atomic mass is 79.9.